The van der Waals surface area contributed by atoms with Crippen molar-refractivity contribution in [3.8, 4) is 11.5 Å². The van der Waals surface area contributed by atoms with E-state index in [0.717, 1.165) is 22.7 Å². The van der Waals surface area contributed by atoms with Gasteiger partial charge in [-0.25, -0.2) is 8.42 Å². The Morgan fingerprint density at radius 3 is 2.35 bits per heavy atom. The summed E-state index contributed by atoms with van der Waals surface area (Å²) < 4.78 is 40.4. The number of carbonyl (C=O) groups excluding carboxylic acids is 2. The van der Waals surface area contributed by atoms with Crippen molar-refractivity contribution >= 4 is 39.1 Å². The summed E-state index contributed by atoms with van der Waals surface area (Å²) in [6, 6.07) is 18.8. The second-order valence-corrected chi connectivity index (χ2v) is 12.1. The van der Waals surface area contributed by atoms with Gasteiger partial charge in [0.25, 0.3) is 10.0 Å². The molecular formula is C32H40ClN3O6S. The zero-order valence-corrected chi connectivity index (χ0v) is 26.7. The monoisotopic (exact) mass is 629 g/mol. The van der Waals surface area contributed by atoms with Crippen LogP contribution < -0.4 is 19.1 Å². The molecule has 1 N–H and O–H groups in total. The van der Waals surface area contributed by atoms with Crippen LogP contribution in [-0.2, 0) is 26.2 Å². The highest BCUT2D eigenvalue weighted by atomic mass is 35.5. The summed E-state index contributed by atoms with van der Waals surface area (Å²) >= 11 is 6.04. The Bertz CT molecular complexity index is 1470. The van der Waals surface area contributed by atoms with Gasteiger partial charge in [-0.2, -0.15) is 0 Å². The maximum atomic E-state index is 14.3. The molecule has 0 aliphatic heterocycles. The molecule has 2 amide bonds. The summed E-state index contributed by atoms with van der Waals surface area (Å²) in [5.74, 6) is 0.0557. The van der Waals surface area contributed by atoms with Crippen LogP contribution >= 0.6 is 11.6 Å². The van der Waals surface area contributed by atoms with E-state index in [2.05, 4.69) is 5.32 Å². The number of nitrogens with one attached hydrogen (secondary N) is 1. The van der Waals surface area contributed by atoms with Crippen LogP contribution in [0, 0.1) is 0 Å². The molecule has 0 saturated heterocycles. The van der Waals surface area contributed by atoms with Crippen LogP contribution in [-0.4, -0.2) is 58.0 Å². The smallest absolute Gasteiger partial charge is 0.264 e. The predicted molar refractivity (Wildman–Crippen MR) is 169 cm³/mol. The third-order valence-electron chi connectivity index (χ3n) is 6.82. The quantitative estimate of drug-likeness (QED) is 0.205. The molecule has 0 aromatic heterocycles. The lowest BCUT2D eigenvalue weighted by Crippen LogP contribution is -2.52. The number of para-hydroxylation sites is 2. The summed E-state index contributed by atoms with van der Waals surface area (Å²) in [5, 5.41) is 3.30. The van der Waals surface area contributed by atoms with Crippen molar-refractivity contribution in [1.82, 2.24) is 10.2 Å². The largest absolute Gasteiger partial charge is 0.497 e. The van der Waals surface area contributed by atoms with Gasteiger partial charge in [-0.3, -0.25) is 13.9 Å². The van der Waals surface area contributed by atoms with E-state index in [1.165, 1.54) is 29.2 Å². The van der Waals surface area contributed by atoms with Crippen LogP contribution in [0.25, 0.3) is 0 Å². The number of sulfonamides is 1. The molecule has 3 aromatic rings. The fourth-order valence-corrected chi connectivity index (χ4v) is 6.13. The van der Waals surface area contributed by atoms with Gasteiger partial charge in [-0.15, -0.1) is 0 Å². The third-order valence-corrected chi connectivity index (χ3v) is 8.84. The summed E-state index contributed by atoms with van der Waals surface area (Å²) in [6.07, 6.45) is 2.03. The van der Waals surface area contributed by atoms with Crippen LogP contribution in [0.5, 0.6) is 11.5 Å². The first-order chi connectivity index (χ1) is 20.7. The van der Waals surface area contributed by atoms with E-state index in [-0.39, 0.29) is 29.6 Å². The van der Waals surface area contributed by atoms with Crippen LogP contribution in [0.3, 0.4) is 0 Å². The molecule has 1 atom stereocenters. The number of anilines is 1. The molecule has 11 heteroatoms. The van der Waals surface area contributed by atoms with Crippen molar-refractivity contribution in [3.05, 3.63) is 83.4 Å². The van der Waals surface area contributed by atoms with Gasteiger partial charge in [0.15, 0.2) is 0 Å². The van der Waals surface area contributed by atoms with E-state index < -0.39 is 28.5 Å². The highest BCUT2D eigenvalue weighted by molar-refractivity contribution is 7.92. The van der Waals surface area contributed by atoms with E-state index in [1.54, 1.807) is 56.5 Å². The number of amides is 2. The molecular weight excluding hydrogens is 590 g/mol. The van der Waals surface area contributed by atoms with Gasteiger partial charge in [-0.1, -0.05) is 56.1 Å². The van der Waals surface area contributed by atoms with Crippen molar-refractivity contribution in [2.75, 3.05) is 31.1 Å². The standard InChI is InChI=1S/C32H40ClN3O6S/c1-5-8-20-34-32(38)28(6-2)35(22-24-12-11-13-26(21-24)41-4)31(37)23-36(29-14-9-10-15-30(29)42-7-3)43(39,40)27-18-16-25(33)17-19-27/h9-19,21,28H,5-8,20,22-23H2,1-4H3,(H,34,38)/t28-/m1/s1. The Hall–Kier alpha value is -3.76. The Balaban J connectivity index is 2.09. The topological polar surface area (TPSA) is 105 Å². The van der Waals surface area contributed by atoms with Crippen molar-refractivity contribution in [1.29, 1.82) is 0 Å². The summed E-state index contributed by atoms with van der Waals surface area (Å²) in [5.41, 5.74) is 0.934. The summed E-state index contributed by atoms with van der Waals surface area (Å²) in [7, 11) is -2.72. The minimum atomic E-state index is -4.27. The van der Waals surface area contributed by atoms with E-state index in [0.29, 0.717) is 29.5 Å². The Morgan fingerprint density at radius 2 is 1.70 bits per heavy atom. The van der Waals surface area contributed by atoms with Crippen molar-refractivity contribution in [2.45, 2.75) is 57.5 Å². The Morgan fingerprint density at radius 1 is 0.977 bits per heavy atom. The average Bonchev–Trinajstić information content (AvgIpc) is 3.00. The molecule has 0 bridgehead atoms. The van der Waals surface area contributed by atoms with Crippen LogP contribution in [0.1, 0.15) is 45.6 Å². The van der Waals surface area contributed by atoms with Crippen LogP contribution in [0.15, 0.2) is 77.7 Å². The van der Waals surface area contributed by atoms with Crippen molar-refractivity contribution in [3.63, 3.8) is 0 Å². The number of rotatable bonds is 16. The molecule has 0 heterocycles. The number of nitrogens with zero attached hydrogens (tertiary/aromatic N) is 2. The molecule has 0 aliphatic carbocycles. The molecule has 0 unspecified atom stereocenters. The van der Waals surface area contributed by atoms with Gasteiger partial charge in [0.2, 0.25) is 11.8 Å². The van der Waals surface area contributed by atoms with Gasteiger partial charge >= 0.3 is 0 Å². The normalized spacial score (nSPS) is 11.8. The fraction of sp³-hybridized carbons (Fsp3) is 0.375. The van der Waals surface area contributed by atoms with Crippen LogP contribution in [0.2, 0.25) is 5.02 Å². The number of hydrogen-bond acceptors (Lipinski definition) is 6. The first-order valence-corrected chi connectivity index (χ1v) is 16.2. The number of unbranched alkanes of at least 4 members (excludes halogenated alkanes) is 1. The molecule has 0 saturated carbocycles. The molecule has 0 fully saturated rings. The van der Waals surface area contributed by atoms with E-state index in [9.17, 15) is 18.0 Å². The SMILES string of the molecule is CCCCNC(=O)[C@@H](CC)N(Cc1cccc(OC)c1)C(=O)CN(c1ccccc1OCC)S(=O)(=O)c1ccc(Cl)cc1. The molecule has 9 nitrogen and oxygen atoms in total. The maximum absolute atomic E-state index is 14.3. The lowest BCUT2D eigenvalue weighted by molar-refractivity contribution is -0.140. The van der Waals surface area contributed by atoms with Gasteiger partial charge in [0.1, 0.15) is 24.1 Å². The van der Waals surface area contributed by atoms with E-state index in [1.807, 2.05) is 19.9 Å². The predicted octanol–water partition coefficient (Wildman–Crippen LogP) is 5.67. The second-order valence-electron chi connectivity index (χ2n) is 9.81. The summed E-state index contributed by atoms with van der Waals surface area (Å²) in [6.45, 7) is 5.90. The van der Waals surface area contributed by atoms with Gasteiger partial charge in [-0.05, 0) is 73.9 Å². The van der Waals surface area contributed by atoms with Crippen LogP contribution in [0.4, 0.5) is 5.69 Å². The Labute approximate surface area is 259 Å². The minimum Gasteiger partial charge on any atom is -0.497 e. The number of ether oxygens (including phenoxy) is 2. The van der Waals surface area contributed by atoms with E-state index >= 15 is 0 Å². The maximum Gasteiger partial charge on any atom is 0.264 e. The average molecular weight is 630 g/mol. The lowest BCUT2D eigenvalue weighted by Gasteiger charge is -2.33. The van der Waals surface area contributed by atoms with Crippen molar-refractivity contribution in [2.24, 2.45) is 0 Å². The van der Waals surface area contributed by atoms with Gasteiger partial charge in [0, 0.05) is 18.1 Å². The fourth-order valence-electron chi connectivity index (χ4n) is 4.58. The molecule has 0 radical (unpaired) electrons. The van der Waals surface area contributed by atoms with Crippen molar-refractivity contribution < 1.29 is 27.5 Å². The van der Waals surface area contributed by atoms with Gasteiger partial charge in [0.05, 0.1) is 24.3 Å². The first-order valence-electron chi connectivity index (χ1n) is 14.4. The zero-order valence-electron chi connectivity index (χ0n) is 25.1. The number of hydrogen-bond donors (Lipinski definition) is 1. The van der Waals surface area contributed by atoms with E-state index in [4.69, 9.17) is 21.1 Å². The zero-order chi connectivity index (χ0) is 31.4. The molecule has 0 aliphatic rings. The number of carbonyl (C=O) groups is 2. The number of benzene rings is 3. The third kappa shape index (κ3) is 8.87. The second kappa shape index (κ2) is 16.2. The minimum absolute atomic E-state index is 0.0419. The molecule has 0 spiro atoms. The summed E-state index contributed by atoms with van der Waals surface area (Å²) in [4.78, 5) is 29.0. The highest BCUT2D eigenvalue weighted by Crippen LogP contribution is 2.33. The molecule has 3 rings (SSSR count). The Kier molecular flexibility index (Phi) is 12.7. The number of halogens is 1. The highest BCUT2D eigenvalue weighted by Gasteiger charge is 2.34. The molecule has 43 heavy (non-hydrogen) atoms. The lowest BCUT2D eigenvalue weighted by atomic mass is 10.1. The first kappa shape index (κ1) is 33.7. The van der Waals surface area contributed by atoms with Gasteiger partial charge < -0.3 is 19.7 Å². The molecule has 3 aromatic carbocycles. The number of methoxy groups -OCH3 is 1. The molecule has 232 valence electrons.